The van der Waals surface area contributed by atoms with Gasteiger partial charge in [0.2, 0.25) is 0 Å². The van der Waals surface area contributed by atoms with Gasteiger partial charge in [-0.2, -0.15) is 8.42 Å². The topological polar surface area (TPSA) is 93.2 Å². The SMILES string of the molecule is CS(=O)(=O)Oc1ccc2ccccc2c1C(=N)N. The Hall–Kier alpha value is -2.08. The Balaban J connectivity index is 2.75. The van der Waals surface area contributed by atoms with Gasteiger partial charge < -0.3 is 9.92 Å². The fourth-order valence-corrected chi connectivity index (χ4v) is 2.23. The molecule has 0 amide bonds. The van der Waals surface area contributed by atoms with E-state index in [0.29, 0.717) is 10.9 Å². The predicted octanol–water partition coefficient (Wildman–Crippen LogP) is 1.46. The number of fused-ring (bicyclic) bond motifs is 1. The van der Waals surface area contributed by atoms with Gasteiger partial charge in [-0.05, 0) is 16.8 Å². The first kappa shape index (κ1) is 12.4. The highest BCUT2D eigenvalue weighted by Gasteiger charge is 2.15. The molecule has 6 heteroatoms. The number of nitrogens with one attached hydrogen (secondary N) is 1. The van der Waals surface area contributed by atoms with Crippen molar-refractivity contribution in [2.75, 3.05) is 6.26 Å². The largest absolute Gasteiger partial charge is 0.384 e. The fraction of sp³-hybridized carbons (Fsp3) is 0.0833. The summed E-state index contributed by atoms with van der Waals surface area (Å²) in [5.74, 6) is -0.158. The van der Waals surface area contributed by atoms with Crippen LogP contribution in [0.4, 0.5) is 0 Å². The molecule has 0 saturated carbocycles. The predicted molar refractivity (Wildman–Crippen MR) is 70.4 cm³/mol. The zero-order chi connectivity index (χ0) is 13.3. The van der Waals surface area contributed by atoms with E-state index in [4.69, 9.17) is 15.3 Å². The summed E-state index contributed by atoms with van der Waals surface area (Å²) < 4.78 is 27.2. The number of amidine groups is 1. The molecule has 0 bridgehead atoms. The van der Waals surface area contributed by atoms with E-state index in [0.717, 1.165) is 11.6 Å². The van der Waals surface area contributed by atoms with E-state index in [-0.39, 0.29) is 11.6 Å². The Morgan fingerprint density at radius 3 is 2.50 bits per heavy atom. The van der Waals surface area contributed by atoms with Crippen molar-refractivity contribution in [2.45, 2.75) is 0 Å². The molecule has 2 rings (SSSR count). The minimum absolute atomic E-state index is 0.0729. The van der Waals surface area contributed by atoms with Crippen LogP contribution in [0, 0.1) is 5.41 Å². The number of hydrogen-bond acceptors (Lipinski definition) is 4. The molecule has 5 nitrogen and oxygen atoms in total. The zero-order valence-electron chi connectivity index (χ0n) is 9.67. The van der Waals surface area contributed by atoms with E-state index in [2.05, 4.69) is 0 Å². The van der Waals surface area contributed by atoms with Crippen LogP contribution < -0.4 is 9.92 Å². The molecule has 94 valence electrons. The highest BCUT2D eigenvalue weighted by Crippen LogP contribution is 2.28. The molecule has 0 atom stereocenters. The van der Waals surface area contributed by atoms with Crippen LogP contribution in [0.15, 0.2) is 36.4 Å². The van der Waals surface area contributed by atoms with E-state index < -0.39 is 10.1 Å². The monoisotopic (exact) mass is 264 g/mol. The van der Waals surface area contributed by atoms with Crippen LogP contribution in [0.25, 0.3) is 10.8 Å². The molecule has 3 N–H and O–H groups in total. The number of hydrogen-bond donors (Lipinski definition) is 2. The quantitative estimate of drug-likeness (QED) is 0.498. The number of rotatable bonds is 3. The average molecular weight is 264 g/mol. The van der Waals surface area contributed by atoms with Crippen molar-refractivity contribution in [3.63, 3.8) is 0 Å². The molecule has 18 heavy (non-hydrogen) atoms. The van der Waals surface area contributed by atoms with Gasteiger partial charge in [-0.25, -0.2) is 0 Å². The van der Waals surface area contributed by atoms with Crippen LogP contribution in [0.5, 0.6) is 5.75 Å². The van der Waals surface area contributed by atoms with Gasteiger partial charge >= 0.3 is 10.1 Å². The third kappa shape index (κ3) is 2.43. The second-order valence-electron chi connectivity index (χ2n) is 3.86. The van der Waals surface area contributed by atoms with Crippen molar-refractivity contribution in [1.29, 1.82) is 5.41 Å². The first-order valence-corrected chi connectivity index (χ1v) is 6.96. The fourth-order valence-electron chi connectivity index (χ4n) is 1.76. The summed E-state index contributed by atoms with van der Waals surface area (Å²) >= 11 is 0. The van der Waals surface area contributed by atoms with Gasteiger partial charge in [0.25, 0.3) is 0 Å². The molecule has 0 aliphatic rings. The number of nitrogens with two attached hydrogens (primary N) is 1. The Labute approximate surface area is 105 Å². The lowest BCUT2D eigenvalue weighted by Gasteiger charge is -2.11. The van der Waals surface area contributed by atoms with E-state index in [1.165, 1.54) is 6.07 Å². The van der Waals surface area contributed by atoms with Crippen molar-refractivity contribution < 1.29 is 12.6 Å². The van der Waals surface area contributed by atoms with Gasteiger partial charge in [0, 0.05) is 0 Å². The maximum Gasteiger partial charge on any atom is 0.306 e. The van der Waals surface area contributed by atoms with E-state index in [9.17, 15) is 8.42 Å². The molecule has 0 saturated heterocycles. The van der Waals surface area contributed by atoms with Crippen LogP contribution in [0.2, 0.25) is 0 Å². The second kappa shape index (κ2) is 4.30. The summed E-state index contributed by atoms with van der Waals surface area (Å²) in [5, 5.41) is 9.12. The summed E-state index contributed by atoms with van der Waals surface area (Å²) in [6.45, 7) is 0. The highest BCUT2D eigenvalue weighted by molar-refractivity contribution is 7.86. The van der Waals surface area contributed by atoms with Crippen molar-refractivity contribution in [3.8, 4) is 5.75 Å². The average Bonchev–Trinajstić information content (AvgIpc) is 2.26. The minimum Gasteiger partial charge on any atom is -0.384 e. The summed E-state index contributed by atoms with van der Waals surface area (Å²) in [5.41, 5.74) is 5.80. The Bertz CT molecular complexity index is 723. The normalized spacial score (nSPS) is 11.4. The van der Waals surface area contributed by atoms with E-state index >= 15 is 0 Å². The summed E-state index contributed by atoms with van der Waals surface area (Å²) in [7, 11) is -3.65. The molecule has 0 fully saturated rings. The van der Waals surface area contributed by atoms with Crippen LogP contribution in [0.3, 0.4) is 0 Å². The zero-order valence-corrected chi connectivity index (χ0v) is 10.5. The van der Waals surface area contributed by atoms with E-state index in [1.54, 1.807) is 18.2 Å². The molecule has 0 aliphatic carbocycles. The third-order valence-corrected chi connectivity index (χ3v) is 2.88. The van der Waals surface area contributed by atoms with Crippen LogP contribution >= 0.6 is 0 Å². The Kier molecular flexibility index (Phi) is 2.96. The molecular formula is C12H12N2O3S. The first-order chi connectivity index (χ1) is 8.38. The van der Waals surface area contributed by atoms with Crippen molar-refractivity contribution in [2.24, 2.45) is 5.73 Å². The lowest BCUT2D eigenvalue weighted by Crippen LogP contribution is -2.16. The molecule has 0 spiro atoms. The third-order valence-electron chi connectivity index (χ3n) is 2.40. The van der Waals surface area contributed by atoms with Gasteiger partial charge in [-0.1, -0.05) is 30.3 Å². The lowest BCUT2D eigenvalue weighted by atomic mass is 10.0. The van der Waals surface area contributed by atoms with Crippen LogP contribution in [-0.4, -0.2) is 20.5 Å². The smallest absolute Gasteiger partial charge is 0.306 e. The number of benzene rings is 2. The Morgan fingerprint density at radius 2 is 1.89 bits per heavy atom. The van der Waals surface area contributed by atoms with Gasteiger partial charge in [0.05, 0.1) is 11.8 Å². The van der Waals surface area contributed by atoms with Crippen LogP contribution in [-0.2, 0) is 10.1 Å². The van der Waals surface area contributed by atoms with Gasteiger partial charge in [-0.15, -0.1) is 0 Å². The number of nitrogen functional groups attached to an aromatic ring is 1. The van der Waals surface area contributed by atoms with Gasteiger partial charge in [0.1, 0.15) is 5.84 Å². The maximum absolute atomic E-state index is 11.2. The Morgan fingerprint density at radius 1 is 1.22 bits per heavy atom. The van der Waals surface area contributed by atoms with Crippen molar-refractivity contribution >= 4 is 26.7 Å². The molecule has 0 aliphatic heterocycles. The van der Waals surface area contributed by atoms with Crippen molar-refractivity contribution in [1.82, 2.24) is 0 Å². The summed E-state index contributed by atoms with van der Waals surface area (Å²) in [6.07, 6.45) is 0.951. The molecule has 0 radical (unpaired) electrons. The van der Waals surface area contributed by atoms with Crippen LogP contribution in [0.1, 0.15) is 5.56 Å². The molecule has 0 aromatic heterocycles. The van der Waals surface area contributed by atoms with Gasteiger partial charge in [-0.3, -0.25) is 5.41 Å². The molecular weight excluding hydrogens is 252 g/mol. The lowest BCUT2D eigenvalue weighted by molar-refractivity contribution is 0.493. The second-order valence-corrected chi connectivity index (χ2v) is 5.44. The summed E-state index contributed by atoms with van der Waals surface area (Å²) in [4.78, 5) is 0. The van der Waals surface area contributed by atoms with E-state index in [1.807, 2.05) is 12.1 Å². The standard InChI is InChI=1S/C12H12N2O3S/c1-18(15,16)17-10-7-6-8-4-2-3-5-9(8)11(10)12(13)14/h2-7H,1H3,(H3,13,14). The first-order valence-electron chi connectivity index (χ1n) is 5.14. The highest BCUT2D eigenvalue weighted by atomic mass is 32.2. The van der Waals surface area contributed by atoms with Gasteiger partial charge in [0.15, 0.2) is 5.75 Å². The molecule has 0 heterocycles. The molecule has 0 unspecified atom stereocenters. The molecule has 2 aromatic rings. The minimum atomic E-state index is -3.65. The van der Waals surface area contributed by atoms with Crippen molar-refractivity contribution in [3.05, 3.63) is 42.0 Å². The maximum atomic E-state index is 11.2. The summed E-state index contributed by atoms with van der Waals surface area (Å²) in [6, 6.07) is 10.5. The molecule has 2 aromatic carbocycles.